The predicted octanol–water partition coefficient (Wildman–Crippen LogP) is 5.31. The van der Waals surface area contributed by atoms with Gasteiger partial charge in [0.25, 0.3) is 0 Å². The van der Waals surface area contributed by atoms with E-state index in [1.54, 1.807) is 6.20 Å². The largest absolute Gasteiger partial charge is 0.383 e. The van der Waals surface area contributed by atoms with Gasteiger partial charge in [0.15, 0.2) is 11.5 Å². The van der Waals surface area contributed by atoms with Crippen LogP contribution in [0.25, 0.3) is 39.5 Å². The number of fused-ring (bicyclic) bond motifs is 1. The van der Waals surface area contributed by atoms with E-state index in [9.17, 15) is 0 Å². The molecule has 38 heavy (non-hydrogen) atoms. The van der Waals surface area contributed by atoms with E-state index >= 15 is 0 Å². The Balaban J connectivity index is 1.36. The molecule has 0 saturated carbocycles. The Morgan fingerprint density at radius 2 is 1.68 bits per heavy atom. The Morgan fingerprint density at radius 3 is 2.42 bits per heavy atom. The molecule has 0 unspecified atom stereocenters. The van der Waals surface area contributed by atoms with E-state index in [0.717, 1.165) is 65.7 Å². The summed E-state index contributed by atoms with van der Waals surface area (Å²) >= 11 is 0. The minimum Gasteiger partial charge on any atom is -0.383 e. The minimum absolute atomic E-state index is 0.449. The lowest BCUT2D eigenvalue weighted by Crippen LogP contribution is -2.42. The maximum Gasteiger partial charge on any atom is 0.165 e. The molecule has 0 atom stereocenters. The lowest BCUT2D eigenvalue weighted by Gasteiger charge is -2.32. The Bertz CT molecular complexity index is 1520. The molecular weight excluding hydrogens is 470 g/mol. The summed E-state index contributed by atoms with van der Waals surface area (Å²) in [7, 11) is 0. The molecule has 3 aromatic heterocycles. The van der Waals surface area contributed by atoms with E-state index in [0.29, 0.717) is 11.9 Å². The van der Waals surface area contributed by atoms with Gasteiger partial charge in [0.2, 0.25) is 0 Å². The summed E-state index contributed by atoms with van der Waals surface area (Å²) in [5, 5.41) is 3.59. The van der Waals surface area contributed by atoms with Gasteiger partial charge in [-0.15, -0.1) is 0 Å². The zero-order valence-electron chi connectivity index (χ0n) is 21.7. The van der Waals surface area contributed by atoms with Crippen molar-refractivity contribution in [2.24, 2.45) is 0 Å². The number of hydrogen-bond acceptors (Lipinski definition) is 6. The first-order valence-corrected chi connectivity index (χ1v) is 13.4. The first-order valence-electron chi connectivity index (χ1n) is 13.4. The summed E-state index contributed by atoms with van der Waals surface area (Å²) in [6, 6.07) is 27.5. The van der Waals surface area contributed by atoms with Gasteiger partial charge in [-0.3, -0.25) is 9.47 Å². The highest BCUT2D eigenvalue weighted by molar-refractivity contribution is 5.84. The number of nitrogens with two attached hydrogens (primary N) is 1. The number of aromatic nitrogens is 4. The molecule has 2 aromatic carbocycles. The van der Waals surface area contributed by atoms with E-state index < -0.39 is 0 Å². The van der Waals surface area contributed by atoms with Crippen LogP contribution >= 0.6 is 0 Å². The molecule has 0 bridgehead atoms. The van der Waals surface area contributed by atoms with E-state index in [2.05, 4.69) is 63.1 Å². The van der Waals surface area contributed by atoms with Crippen LogP contribution in [0.5, 0.6) is 0 Å². The van der Waals surface area contributed by atoms with Crippen LogP contribution in [0, 0.1) is 0 Å². The third-order valence-electron chi connectivity index (χ3n) is 7.33. The summed E-state index contributed by atoms with van der Waals surface area (Å²) < 4.78 is 2.10. The number of nitrogen functional groups attached to an aromatic ring is 1. The van der Waals surface area contributed by atoms with E-state index in [1.165, 1.54) is 18.4 Å². The highest BCUT2D eigenvalue weighted by Crippen LogP contribution is 2.32. The van der Waals surface area contributed by atoms with Gasteiger partial charge in [-0.1, -0.05) is 49.4 Å². The molecule has 7 heteroatoms. The number of nitrogens with one attached hydrogen (secondary N) is 1. The van der Waals surface area contributed by atoms with Gasteiger partial charge in [-0.25, -0.2) is 15.0 Å². The molecule has 7 nitrogen and oxygen atoms in total. The highest BCUT2D eigenvalue weighted by atomic mass is 15.1. The Kier molecular flexibility index (Phi) is 6.86. The van der Waals surface area contributed by atoms with Crippen molar-refractivity contribution in [1.29, 1.82) is 0 Å². The molecule has 0 spiro atoms. The standard InChI is InChI=1S/C31H33N7/c1-2-33-24-16-19-37(20-17-24)21-22-10-12-25(13-11-22)38-30(26-9-6-18-34-29(26)32)36-28-15-14-27(35-31(28)38)23-7-4-3-5-8-23/h3-15,18,24,33H,2,16-17,19-21H2,1H3,(H2,32,34). The topological polar surface area (TPSA) is 84.9 Å². The number of nitrogens with zero attached hydrogens (tertiary/aromatic N) is 5. The first kappa shape index (κ1) is 24.3. The van der Waals surface area contributed by atoms with Crippen molar-refractivity contribution in [1.82, 2.24) is 29.7 Å². The molecule has 0 radical (unpaired) electrons. The van der Waals surface area contributed by atoms with Crippen LogP contribution in [-0.2, 0) is 6.54 Å². The number of hydrogen-bond donors (Lipinski definition) is 2. The van der Waals surface area contributed by atoms with Gasteiger partial charge in [0.1, 0.15) is 11.3 Å². The highest BCUT2D eigenvalue weighted by Gasteiger charge is 2.20. The van der Waals surface area contributed by atoms with E-state index in [4.69, 9.17) is 15.7 Å². The normalized spacial score (nSPS) is 14.8. The van der Waals surface area contributed by atoms with Crippen LogP contribution in [0.4, 0.5) is 5.82 Å². The average molecular weight is 504 g/mol. The third kappa shape index (κ3) is 4.90. The number of imidazole rings is 1. The molecule has 1 aliphatic heterocycles. The number of pyridine rings is 2. The van der Waals surface area contributed by atoms with Crippen molar-refractivity contribution in [2.75, 3.05) is 25.4 Å². The summed E-state index contributed by atoms with van der Waals surface area (Å²) in [6.45, 7) is 6.44. The molecular formula is C31H33N7. The summed E-state index contributed by atoms with van der Waals surface area (Å²) in [6.07, 6.45) is 4.12. The smallest absolute Gasteiger partial charge is 0.165 e. The second-order valence-electron chi connectivity index (χ2n) is 9.89. The van der Waals surface area contributed by atoms with Crippen LogP contribution in [0.3, 0.4) is 0 Å². The molecule has 0 aliphatic carbocycles. The van der Waals surface area contributed by atoms with Crippen LogP contribution < -0.4 is 11.1 Å². The third-order valence-corrected chi connectivity index (χ3v) is 7.33. The fourth-order valence-corrected chi connectivity index (χ4v) is 5.35. The molecule has 1 fully saturated rings. The molecule has 192 valence electrons. The van der Waals surface area contributed by atoms with Crippen LogP contribution in [-0.4, -0.2) is 50.1 Å². The molecule has 4 heterocycles. The quantitative estimate of drug-likeness (QED) is 0.313. The van der Waals surface area contributed by atoms with Crippen molar-refractivity contribution in [2.45, 2.75) is 32.4 Å². The van der Waals surface area contributed by atoms with Crippen molar-refractivity contribution in [3.05, 3.63) is 90.6 Å². The number of rotatable bonds is 7. The molecule has 5 aromatic rings. The van der Waals surface area contributed by atoms with Crippen LogP contribution in [0.1, 0.15) is 25.3 Å². The van der Waals surface area contributed by atoms with Crippen LogP contribution in [0.15, 0.2) is 85.1 Å². The van der Waals surface area contributed by atoms with E-state index in [-0.39, 0.29) is 0 Å². The zero-order valence-corrected chi connectivity index (χ0v) is 21.7. The minimum atomic E-state index is 0.449. The SMILES string of the molecule is CCNC1CCN(Cc2ccc(-n3c(-c4cccnc4N)nc4ccc(-c5ccccc5)nc43)cc2)CC1. The number of likely N-dealkylation sites (tertiary alicyclic amines) is 1. The molecule has 3 N–H and O–H groups in total. The molecule has 0 amide bonds. The predicted molar refractivity (Wildman–Crippen MR) is 154 cm³/mol. The van der Waals surface area contributed by atoms with Crippen molar-refractivity contribution in [3.8, 4) is 28.3 Å². The second kappa shape index (κ2) is 10.7. The summed E-state index contributed by atoms with van der Waals surface area (Å²) in [5.74, 6) is 1.19. The maximum atomic E-state index is 6.30. The van der Waals surface area contributed by atoms with E-state index in [1.807, 2.05) is 42.5 Å². The number of anilines is 1. The monoisotopic (exact) mass is 503 g/mol. The average Bonchev–Trinajstić information content (AvgIpc) is 3.34. The number of piperidine rings is 1. The maximum absolute atomic E-state index is 6.30. The van der Waals surface area contributed by atoms with Gasteiger partial charge >= 0.3 is 0 Å². The fourth-order valence-electron chi connectivity index (χ4n) is 5.35. The molecule has 6 rings (SSSR count). The Morgan fingerprint density at radius 1 is 0.895 bits per heavy atom. The number of benzene rings is 2. The first-order chi connectivity index (χ1) is 18.7. The van der Waals surface area contributed by atoms with Gasteiger partial charge in [0.05, 0.1) is 11.3 Å². The Labute approximate surface area is 223 Å². The summed E-state index contributed by atoms with van der Waals surface area (Å²) in [5.41, 5.74) is 13.0. The second-order valence-corrected chi connectivity index (χ2v) is 9.89. The van der Waals surface area contributed by atoms with Crippen molar-refractivity contribution >= 4 is 17.0 Å². The zero-order chi connectivity index (χ0) is 25.9. The van der Waals surface area contributed by atoms with Crippen molar-refractivity contribution in [3.63, 3.8) is 0 Å². The Hall–Kier alpha value is -4.07. The lowest BCUT2D eigenvalue weighted by atomic mass is 10.0. The lowest BCUT2D eigenvalue weighted by molar-refractivity contribution is 0.192. The van der Waals surface area contributed by atoms with Gasteiger partial charge in [-0.05, 0) is 74.4 Å². The van der Waals surface area contributed by atoms with Crippen LogP contribution in [0.2, 0.25) is 0 Å². The molecule has 1 saturated heterocycles. The summed E-state index contributed by atoms with van der Waals surface area (Å²) in [4.78, 5) is 16.9. The molecule has 1 aliphatic rings. The van der Waals surface area contributed by atoms with Crippen molar-refractivity contribution < 1.29 is 0 Å². The van der Waals surface area contributed by atoms with Gasteiger partial charge in [0, 0.05) is 30.0 Å². The fraction of sp³-hybridized carbons (Fsp3) is 0.258. The van der Waals surface area contributed by atoms with Gasteiger partial charge in [-0.2, -0.15) is 0 Å². The van der Waals surface area contributed by atoms with Gasteiger partial charge < -0.3 is 11.1 Å².